The summed E-state index contributed by atoms with van der Waals surface area (Å²) in [7, 11) is 0. The molecule has 0 radical (unpaired) electrons. The van der Waals surface area contributed by atoms with Gasteiger partial charge in [0.25, 0.3) is 5.78 Å². The van der Waals surface area contributed by atoms with E-state index in [1.54, 1.807) is 16.9 Å². The number of nitrogens with zero attached hydrogens (tertiary/aromatic N) is 5. The Morgan fingerprint density at radius 2 is 2.19 bits per heavy atom. The van der Waals surface area contributed by atoms with E-state index in [1.807, 2.05) is 19.9 Å². The first kappa shape index (κ1) is 9.02. The molecule has 1 N–H and O–H groups in total. The van der Waals surface area contributed by atoms with Crippen LogP contribution < -0.4 is 0 Å². The summed E-state index contributed by atoms with van der Waals surface area (Å²) in [6, 6.07) is 1.90. The third-order valence-electron chi connectivity index (χ3n) is 2.50. The lowest BCUT2D eigenvalue weighted by molar-refractivity contribution is 0.878. The Labute approximate surface area is 91.4 Å². The van der Waals surface area contributed by atoms with Gasteiger partial charge in [-0.25, -0.2) is 9.50 Å². The largest absolute Gasteiger partial charge is 0.278 e. The van der Waals surface area contributed by atoms with Crippen LogP contribution in [0.1, 0.15) is 11.5 Å². The van der Waals surface area contributed by atoms with Crippen molar-refractivity contribution >= 4 is 5.78 Å². The second-order valence-electron chi connectivity index (χ2n) is 3.60. The van der Waals surface area contributed by atoms with Gasteiger partial charge in [-0.2, -0.15) is 15.2 Å². The Balaban J connectivity index is 2.31. The molecule has 0 fully saturated rings. The standard InChI is InChI=1S/C10H10N6/c1-6-8(9-3-4-12-14-9)5-11-10-13-7(2)15-16(6)10/h3-5H,1-2H3,(H,12,14). The highest BCUT2D eigenvalue weighted by Gasteiger charge is 2.10. The van der Waals surface area contributed by atoms with Gasteiger partial charge >= 0.3 is 0 Å². The van der Waals surface area contributed by atoms with Crippen LogP contribution in [0.3, 0.4) is 0 Å². The van der Waals surface area contributed by atoms with Crippen LogP contribution in [0.4, 0.5) is 0 Å². The van der Waals surface area contributed by atoms with Gasteiger partial charge in [0.2, 0.25) is 0 Å². The number of H-pyrrole nitrogens is 1. The van der Waals surface area contributed by atoms with Crippen LogP contribution in [0, 0.1) is 13.8 Å². The molecule has 0 saturated heterocycles. The van der Waals surface area contributed by atoms with Crippen molar-refractivity contribution in [3.8, 4) is 11.3 Å². The quantitative estimate of drug-likeness (QED) is 0.659. The van der Waals surface area contributed by atoms with Gasteiger partial charge in [-0.1, -0.05) is 0 Å². The highest BCUT2D eigenvalue weighted by molar-refractivity contribution is 5.61. The van der Waals surface area contributed by atoms with Gasteiger partial charge in [-0.3, -0.25) is 5.10 Å². The fraction of sp³-hybridized carbons (Fsp3) is 0.200. The normalized spacial score (nSPS) is 11.1. The maximum Gasteiger partial charge on any atom is 0.252 e. The molecule has 0 amide bonds. The Kier molecular flexibility index (Phi) is 1.76. The first-order valence-corrected chi connectivity index (χ1v) is 4.94. The third kappa shape index (κ3) is 1.19. The number of rotatable bonds is 1. The zero-order chi connectivity index (χ0) is 11.1. The van der Waals surface area contributed by atoms with Crippen molar-refractivity contribution in [1.82, 2.24) is 29.8 Å². The van der Waals surface area contributed by atoms with E-state index >= 15 is 0 Å². The number of nitrogens with one attached hydrogen (secondary N) is 1. The average molecular weight is 214 g/mol. The Hall–Kier alpha value is -2.24. The summed E-state index contributed by atoms with van der Waals surface area (Å²) < 4.78 is 1.74. The zero-order valence-corrected chi connectivity index (χ0v) is 8.97. The second kappa shape index (κ2) is 3.13. The summed E-state index contributed by atoms with van der Waals surface area (Å²) in [6.07, 6.45) is 3.50. The average Bonchev–Trinajstić information content (AvgIpc) is 2.86. The molecule has 0 aliphatic carbocycles. The van der Waals surface area contributed by atoms with Gasteiger partial charge in [-0.05, 0) is 19.9 Å². The van der Waals surface area contributed by atoms with E-state index in [0.29, 0.717) is 5.78 Å². The van der Waals surface area contributed by atoms with Gasteiger partial charge in [0.05, 0.1) is 11.4 Å². The molecular weight excluding hydrogens is 204 g/mol. The lowest BCUT2D eigenvalue weighted by atomic mass is 10.2. The van der Waals surface area contributed by atoms with Gasteiger partial charge in [0.15, 0.2) is 0 Å². The molecule has 3 rings (SSSR count). The van der Waals surface area contributed by atoms with Crippen LogP contribution in [0.15, 0.2) is 18.5 Å². The van der Waals surface area contributed by atoms with Gasteiger partial charge in [-0.15, -0.1) is 0 Å². The van der Waals surface area contributed by atoms with Crippen LogP contribution in [0.2, 0.25) is 0 Å². The van der Waals surface area contributed by atoms with Crippen molar-refractivity contribution in [3.63, 3.8) is 0 Å². The van der Waals surface area contributed by atoms with Crippen molar-refractivity contribution in [2.24, 2.45) is 0 Å². The van der Waals surface area contributed by atoms with Crippen molar-refractivity contribution in [2.75, 3.05) is 0 Å². The SMILES string of the molecule is Cc1nc2ncc(-c3ccn[nH]3)c(C)n2n1. The Morgan fingerprint density at radius 3 is 2.94 bits per heavy atom. The minimum Gasteiger partial charge on any atom is -0.278 e. The van der Waals surface area contributed by atoms with Crippen molar-refractivity contribution < 1.29 is 0 Å². The zero-order valence-electron chi connectivity index (χ0n) is 8.97. The molecular formula is C10H10N6. The number of aromatic nitrogens is 6. The predicted molar refractivity (Wildman–Crippen MR) is 57.8 cm³/mol. The molecule has 16 heavy (non-hydrogen) atoms. The van der Waals surface area contributed by atoms with E-state index in [9.17, 15) is 0 Å². The van der Waals surface area contributed by atoms with Gasteiger partial charge in [0, 0.05) is 18.0 Å². The summed E-state index contributed by atoms with van der Waals surface area (Å²) in [5.74, 6) is 1.34. The molecule has 6 heteroatoms. The molecule has 0 spiro atoms. The van der Waals surface area contributed by atoms with E-state index in [0.717, 1.165) is 22.8 Å². The number of fused-ring (bicyclic) bond motifs is 1. The van der Waals surface area contributed by atoms with Gasteiger partial charge < -0.3 is 0 Å². The molecule has 6 nitrogen and oxygen atoms in total. The molecule has 0 saturated carbocycles. The molecule has 0 bridgehead atoms. The van der Waals surface area contributed by atoms with Crippen LogP contribution >= 0.6 is 0 Å². The predicted octanol–water partition coefficient (Wildman–Crippen LogP) is 1.13. The molecule has 0 atom stereocenters. The maximum absolute atomic E-state index is 4.29. The minimum atomic E-state index is 0.623. The monoisotopic (exact) mass is 214 g/mol. The summed E-state index contributed by atoms with van der Waals surface area (Å²) in [4.78, 5) is 8.47. The Bertz CT molecular complexity index is 637. The van der Waals surface area contributed by atoms with E-state index in [1.165, 1.54) is 0 Å². The second-order valence-corrected chi connectivity index (χ2v) is 3.60. The van der Waals surface area contributed by atoms with E-state index in [2.05, 4.69) is 25.3 Å². The molecule has 3 heterocycles. The van der Waals surface area contributed by atoms with Crippen molar-refractivity contribution in [1.29, 1.82) is 0 Å². The van der Waals surface area contributed by atoms with Crippen molar-refractivity contribution in [3.05, 3.63) is 30.0 Å². The minimum absolute atomic E-state index is 0.623. The molecule has 0 unspecified atom stereocenters. The summed E-state index contributed by atoms with van der Waals surface area (Å²) in [6.45, 7) is 3.84. The number of hydrogen-bond acceptors (Lipinski definition) is 4. The number of hydrogen-bond donors (Lipinski definition) is 1. The Morgan fingerprint density at radius 1 is 1.31 bits per heavy atom. The summed E-state index contributed by atoms with van der Waals surface area (Å²) in [5.41, 5.74) is 2.91. The van der Waals surface area contributed by atoms with Crippen LogP contribution in [0.25, 0.3) is 17.0 Å². The lowest BCUT2D eigenvalue weighted by Gasteiger charge is -2.03. The van der Waals surface area contributed by atoms with Crippen LogP contribution in [0.5, 0.6) is 0 Å². The molecule has 0 aliphatic heterocycles. The number of aromatic amines is 1. The van der Waals surface area contributed by atoms with Crippen molar-refractivity contribution in [2.45, 2.75) is 13.8 Å². The molecule has 3 aromatic heterocycles. The molecule has 0 aliphatic rings. The highest BCUT2D eigenvalue weighted by atomic mass is 15.3. The lowest BCUT2D eigenvalue weighted by Crippen LogP contribution is -1.99. The molecule has 80 valence electrons. The molecule has 0 aromatic carbocycles. The van der Waals surface area contributed by atoms with Crippen LogP contribution in [-0.4, -0.2) is 29.8 Å². The highest BCUT2D eigenvalue weighted by Crippen LogP contribution is 2.19. The fourth-order valence-electron chi connectivity index (χ4n) is 1.71. The summed E-state index contributed by atoms with van der Waals surface area (Å²) >= 11 is 0. The maximum atomic E-state index is 4.29. The smallest absolute Gasteiger partial charge is 0.252 e. The third-order valence-corrected chi connectivity index (χ3v) is 2.50. The van der Waals surface area contributed by atoms with E-state index in [4.69, 9.17) is 0 Å². The fourth-order valence-corrected chi connectivity index (χ4v) is 1.71. The van der Waals surface area contributed by atoms with Crippen LogP contribution in [-0.2, 0) is 0 Å². The first-order valence-electron chi connectivity index (χ1n) is 4.94. The van der Waals surface area contributed by atoms with Gasteiger partial charge in [0.1, 0.15) is 5.82 Å². The topological polar surface area (TPSA) is 71.8 Å². The molecule has 3 aromatic rings. The summed E-state index contributed by atoms with van der Waals surface area (Å²) in [5, 5.41) is 11.1. The number of aryl methyl sites for hydroxylation is 2. The van der Waals surface area contributed by atoms with E-state index in [-0.39, 0.29) is 0 Å². The van der Waals surface area contributed by atoms with E-state index < -0.39 is 0 Å². The first-order chi connectivity index (χ1) is 7.75.